The Morgan fingerprint density at radius 3 is 2.04 bits per heavy atom. The summed E-state index contributed by atoms with van der Waals surface area (Å²) in [5, 5.41) is 10.0. The quantitative estimate of drug-likeness (QED) is 0.308. The van der Waals surface area contributed by atoms with Gasteiger partial charge in [-0.1, -0.05) is 77.6 Å². The van der Waals surface area contributed by atoms with Crippen LogP contribution in [-0.4, -0.2) is 30.7 Å². The van der Waals surface area contributed by atoms with Gasteiger partial charge in [-0.15, -0.1) is 0 Å². The third kappa shape index (κ3) is 14.7. The molecule has 0 aromatic heterocycles. The van der Waals surface area contributed by atoms with E-state index < -0.39 is 0 Å². The van der Waals surface area contributed by atoms with Crippen LogP contribution in [0, 0.1) is 0 Å². The molecule has 2 unspecified atom stereocenters. The van der Waals surface area contributed by atoms with Gasteiger partial charge in [0, 0.05) is 13.2 Å². The van der Waals surface area contributed by atoms with Gasteiger partial charge in [0.1, 0.15) is 0 Å². The van der Waals surface area contributed by atoms with E-state index in [0.29, 0.717) is 0 Å². The minimum absolute atomic E-state index is 0.0653. The van der Waals surface area contributed by atoms with Crippen LogP contribution in [0.1, 0.15) is 116 Å². The lowest BCUT2D eigenvalue weighted by molar-refractivity contribution is -0.162. The molecule has 3 nitrogen and oxygen atoms in total. The van der Waals surface area contributed by atoms with Gasteiger partial charge in [0.2, 0.25) is 0 Å². The summed E-state index contributed by atoms with van der Waals surface area (Å²) < 4.78 is 11.3. The molecule has 0 bridgehead atoms. The second kappa shape index (κ2) is 17.3. The van der Waals surface area contributed by atoms with E-state index in [1.54, 1.807) is 0 Å². The number of ether oxygens (including phenoxy) is 2. The topological polar surface area (TPSA) is 38.7 Å². The van der Waals surface area contributed by atoms with Crippen molar-refractivity contribution in [2.75, 3.05) is 13.2 Å². The van der Waals surface area contributed by atoms with E-state index in [0.717, 1.165) is 38.9 Å². The van der Waals surface area contributed by atoms with Crippen LogP contribution >= 0.6 is 0 Å². The summed E-state index contributed by atoms with van der Waals surface area (Å²) in [6.07, 6.45) is 20.8. The number of aliphatic hydroxyl groups is 1. The average molecular weight is 357 g/mol. The predicted molar refractivity (Wildman–Crippen MR) is 106 cm³/mol. The van der Waals surface area contributed by atoms with Gasteiger partial charge in [-0.2, -0.15) is 0 Å². The van der Waals surface area contributed by atoms with Crippen LogP contribution in [0.15, 0.2) is 0 Å². The van der Waals surface area contributed by atoms with Crippen molar-refractivity contribution in [1.82, 2.24) is 0 Å². The number of unbranched alkanes of at least 4 members (excludes halogenated alkanes) is 10. The van der Waals surface area contributed by atoms with Gasteiger partial charge in [-0.05, 0) is 38.5 Å². The standard InChI is InChI=1S/C22H44O3/c1-2-3-4-5-6-8-11-16-21(23)17-12-9-7-10-14-19-24-22-18-13-15-20-25-22/h21-23H,2-20H2,1H3. The minimum atomic E-state index is -0.0672. The van der Waals surface area contributed by atoms with Gasteiger partial charge >= 0.3 is 0 Å². The van der Waals surface area contributed by atoms with Crippen LogP contribution in [0.3, 0.4) is 0 Å². The fraction of sp³-hybridized carbons (Fsp3) is 1.00. The van der Waals surface area contributed by atoms with E-state index in [9.17, 15) is 5.11 Å². The number of aliphatic hydroxyl groups excluding tert-OH is 1. The molecule has 25 heavy (non-hydrogen) atoms. The largest absolute Gasteiger partial charge is 0.393 e. The van der Waals surface area contributed by atoms with Crippen LogP contribution in [-0.2, 0) is 9.47 Å². The third-order valence-electron chi connectivity index (χ3n) is 5.26. The molecule has 0 aromatic carbocycles. The molecule has 0 spiro atoms. The molecule has 2 atom stereocenters. The van der Waals surface area contributed by atoms with Crippen molar-refractivity contribution in [3.8, 4) is 0 Å². The normalized spacial score (nSPS) is 19.2. The first-order valence-corrected chi connectivity index (χ1v) is 11.2. The van der Waals surface area contributed by atoms with E-state index >= 15 is 0 Å². The first-order chi connectivity index (χ1) is 12.3. The number of hydrogen-bond acceptors (Lipinski definition) is 3. The van der Waals surface area contributed by atoms with Crippen molar-refractivity contribution in [2.45, 2.75) is 128 Å². The van der Waals surface area contributed by atoms with Crippen molar-refractivity contribution in [2.24, 2.45) is 0 Å². The highest BCUT2D eigenvalue weighted by molar-refractivity contribution is 4.58. The Morgan fingerprint density at radius 2 is 1.44 bits per heavy atom. The molecular weight excluding hydrogens is 312 g/mol. The highest BCUT2D eigenvalue weighted by Crippen LogP contribution is 2.16. The van der Waals surface area contributed by atoms with Gasteiger partial charge in [-0.3, -0.25) is 0 Å². The molecule has 0 aromatic rings. The second-order valence-corrected chi connectivity index (χ2v) is 7.79. The maximum absolute atomic E-state index is 10.0. The van der Waals surface area contributed by atoms with Crippen molar-refractivity contribution in [1.29, 1.82) is 0 Å². The molecule has 0 radical (unpaired) electrons. The minimum Gasteiger partial charge on any atom is -0.393 e. The van der Waals surface area contributed by atoms with Crippen LogP contribution in [0.5, 0.6) is 0 Å². The van der Waals surface area contributed by atoms with Crippen molar-refractivity contribution < 1.29 is 14.6 Å². The molecule has 1 aliphatic rings. The average Bonchev–Trinajstić information content (AvgIpc) is 2.64. The zero-order valence-electron chi connectivity index (χ0n) is 16.9. The Balaban J connectivity index is 1.75. The lowest BCUT2D eigenvalue weighted by atomic mass is 10.0. The summed E-state index contributed by atoms with van der Waals surface area (Å²) in [5.41, 5.74) is 0. The van der Waals surface area contributed by atoms with Gasteiger partial charge in [0.05, 0.1) is 6.10 Å². The molecule has 1 saturated heterocycles. The summed E-state index contributed by atoms with van der Waals surface area (Å²) in [5.74, 6) is 0. The highest BCUT2D eigenvalue weighted by atomic mass is 16.7. The van der Waals surface area contributed by atoms with Crippen molar-refractivity contribution in [3.63, 3.8) is 0 Å². The first-order valence-electron chi connectivity index (χ1n) is 11.2. The van der Waals surface area contributed by atoms with Gasteiger partial charge in [0.15, 0.2) is 6.29 Å². The maximum Gasteiger partial charge on any atom is 0.157 e. The molecular formula is C22H44O3. The summed E-state index contributed by atoms with van der Waals surface area (Å²) in [6, 6.07) is 0. The Bertz CT molecular complexity index is 264. The molecule has 1 N–H and O–H groups in total. The van der Waals surface area contributed by atoms with Crippen LogP contribution in [0.25, 0.3) is 0 Å². The highest BCUT2D eigenvalue weighted by Gasteiger charge is 2.13. The van der Waals surface area contributed by atoms with Gasteiger partial charge < -0.3 is 14.6 Å². The van der Waals surface area contributed by atoms with E-state index in [-0.39, 0.29) is 12.4 Å². The maximum atomic E-state index is 10.0. The number of rotatable bonds is 17. The molecule has 3 heteroatoms. The Kier molecular flexibility index (Phi) is 15.9. The van der Waals surface area contributed by atoms with Gasteiger partial charge in [0.25, 0.3) is 0 Å². The lowest BCUT2D eigenvalue weighted by Gasteiger charge is -2.22. The van der Waals surface area contributed by atoms with Crippen LogP contribution in [0.4, 0.5) is 0 Å². The van der Waals surface area contributed by atoms with Crippen molar-refractivity contribution in [3.05, 3.63) is 0 Å². The molecule has 0 aliphatic carbocycles. The summed E-state index contributed by atoms with van der Waals surface area (Å²) in [6.45, 7) is 3.97. The smallest absolute Gasteiger partial charge is 0.157 e. The Labute approximate surface area is 156 Å². The predicted octanol–water partition coefficient (Wildman–Crippen LogP) is 6.37. The fourth-order valence-electron chi connectivity index (χ4n) is 3.55. The van der Waals surface area contributed by atoms with E-state index in [1.807, 2.05) is 0 Å². The SMILES string of the molecule is CCCCCCCCCC(O)CCCCCCCOC1CCCCO1. The summed E-state index contributed by atoms with van der Waals surface area (Å²) in [7, 11) is 0. The molecule has 1 aliphatic heterocycles. The molecule has 0 saturated carbocycles. The molecule has 1 heterocycles. The van der Waals surface area contributed by atoms with Crippen LogP contribution in [0.2, 0.25) is 0 Å². The molecule has 0 amide bonds. The first kappa shape index (κ1) is 22.9. The number of hydrogen-bond donors (Lipinski definition) is 1. The zero-order valence-corrected chi connectivity index (χ0v) is 16.9. The van der Waals surface area contributed by atoms with Gasteiger partial charge in [-0.25, -0.2) is 0 Å². The third-order valence-corrected chi connectivity index (χ3v) is 5.26. The Morgan fingerprint density at radius 1 is 0.840 bits per heavy atom. The molecule has 1 fully saturated rings. The Hall–Kier alpha value is -0.120. The van der Waals surface area contributed by atoms with Crippen LogP contribution < -0.4 is 0 Å². The molecule has 150 valence electrons. The van der Waals surface area contributed by atoms with E-state index in [1.165, 1.54) is 83.5 Å². The summed E-state index contributed by atoms with van der Waals surface area (Å²) in [4.78, 5) is 0. The van der Waals surface area contributed by atoms with Crippen molar-refractivity contribution >= 4 is 0 Å². The van der Waals surface area contributed by atoms with E-state index in [2.05, 4.69) is 6.92 Å². The summed E-state index contributed by atoms with van der Waals surface area (Å²) >= 11 is 0. The zero-order chi connectivity index (χ0) is 18.0. The second-order valence-electron chi connectivity index (χ2n) is 7.79. The molecule has 1 rings (SSSR count). The fourth-order valence-corrected chi connectivity index (χ4v) is 3.55. The lowest BCUT2D eigenvalue weighted by Crippen LogP contribution is -2.22. The van der Waals surface area contributed by atoms with E-state index in [4.69, 9.17) is 9.47 Å². The monoisotopic (exact) mass is 356 g/mol.